The zero-order valence-corrected chi connectivity index (χ0v) is 20.5. The Kier molecular flexibility index (Phi) is 12.5. The lowest BCUT2D eigenvalue weighted by Gasteiger charge is -2.16. The van der Waals surface area contributed by atoms with E-state index < -0.39 is 12.3 Å². The first-order chi connectivity index (χ1) is 16.0. The van der Waals surface area contributed by atoms with Crippen LogP contribution < -0.4 is 15.8 Å². The summed E-state index contributed by atoms with van der Waals surface area (Å²) in [6, 6.07) is 4.39. The lowest BCUT2D eigenvalue weighted by molar-refractivity contribution is -0.189. The van der Waals surface area contributed by atoms with Gasteiger partial charge in [-0.1, -0.05) is 33.3 Å². The van der Waals surface area contributed by atoms with Crippen LogP contribution in [0.1, 0.15) is 68.7 Å². The van der Waals surface area contributed by atoms with Crippen LogP contribution in [-0.2, 0) is 6.54 Å². The number of ether oxygens (including phenoxy) is 1. The Balaban J connectivity index is 0.000000489. The molecule has 2 rings (SSSR count). The molecule has 0 saturated heterocycles. The number of halogens is 3. The standard InChI is InChI=1S/C15H15F3N4O2.C9H21N/c1-9-5-12(22-8-21-9)14(23)20-7-11-3-4-13(19-6-11)24-10(2)15(16,17)18;1-4-5-9(7-10)6-8(2)3/h3-6,8,10H,7H2,1-2H3,(H,20,23);8-9H,4-7,10H2,1-3H3/t;9-/m.1/s1. The van der Waals surface area contributed by atoms with E-state index >= 15 is 0 Å². The molecule has 0 aliphatic carbocycles. The molecule has 7 nitrogen and oxygen atoms in total. The first-order valence-corrected chi connectivity index (χ1v) is 11.4. The summed E-state index contributed by atoms with van der Waals surface area (Å²) in [6.45, 7) is 10.4. The quantitative estimate of drug-likeness (QED) is 0.501. The van der Waals surface area contributed by atoms with E-state index in [0.29, 0.717) is 11.3 Å². The van der Waals surface area contributed by atoms with Crippen molar-refractivity contribution in [2.24, 2.45) is 17.6 Å². The van der Waals surface area contributed by atoms with Crippen LogP contribution >= 0.6 is 0 Å². The summed E-state index contributed by atoms with van der Waals surface area (Å²) in [4.78, 5) is 23.5. The van der Waals surface area contributed by atoms with E-state index in [1.165, 1.54) is 43.9 Å². The summed E-state index contributed by atoms with van der Waals surface area (Å²) in [7, 11) is 0. The molecule has 1 amide bonds. The Hall–Kier alpha value is -2.75. The second kappa shape index (κ2) is 14.5. The monoisotopic (exact) mass is 483 g/mol. The average molecular weight is 484 g/mol. The van der Waals surface area contributed by atoms with Gasteiger partial charge in [0.15, 0.2) is 6.10 Å². The summed E-state index contributed by atoms with van der Waals surface area (Å²) in [5.74, 6) is 1.05. The smallest absolute Gasteiger partial charge is 0.425 e. The first kappa shape index (κ1) is 29.3. The van der Waals surface area contributed by atoms with Crippen molar-refractivity contribution in [2.75, 3.05) is 6.54 Å². The fourth-order valence-electron chi connectivity index (χ4n) is 3.09. The number of hydrogen-bond acceptors (Lipinski definition) is 6. The Morgan fingerprint density at radius 3 is 2.38 bits per heavy atom. The predicted molar refractivity (Wildman–Crippen MR) is 125 cm³/mol. The molecule has 0 aromatic carbocycles. The maximum atomic E-state index is 12.4. The fourth-order valence-corrected chi connectivity index (χ4v) is 3.09. The third kappa shape index (κ3) is 11.4. The van der Waals surface area contributed by atoms with Crippen LogP contribution in [-0.4, -0.2) is 39.7 Å². The Morgan fingerprint density at radius 2 is 1.88 bits per heavy atom. The highest BCUT2D eigenvalue weighted by atomic mass is 19.4. The molecule has 0 aliphatic heterocycles. The summed E-state index contributed by atoms with van der Waals surface area (Å²) in [5, 5.41) is 2.64. The fraction of sp³-hybridized carbons (Fsp3) is 0.583. The molecule has 0 fully saturated rings. The normalized spacial score (nSPS) is 13.0. The minimum absolute atomic E-state index is 0.138. The molecular formula is C24H36F3N5O2. The molecule has 34 heavy (non-hydrogen) atoms. The third-order valence-corrected chi connectivity index (χ3v) is 4.88. The first-order valence-electron chi connectivity index (χ1n) is 11.4. The molecule has 0 saturated carbocycles. The summed E-state index contributed by atoms with van der Waals surface area (Å²) in [5.41, 5.74) is 7.11. The molecule has 0 bridgehead atoms. The van der Waals surface area contributed by atoms with E-state index in [0.717, 1.165) is 25.3 Å². The number of alkyl halides is 3. The molecule has 10 heteroatoms. The lowest BCUT2D eigenvalue weighted by atomic mass is 9.93. The van der Waals surface area contributed by atoms with Crippen molar-refractivity contribution in [2.45, 2.75) is 72.7 Å². The van der Waals surface area contributed by atoms with Gasteiger partial charge in [-0.2, -0.15) is 13.2 Å². The van der Waals surface area contributed by atoms with E-state index in [2.05, 4.69) is 41.0 Å². The molecule has 0 aliphatic rings. The van der Waals surface area contributed by atoms with Crippen molar-refractivity contribution in [3.63, 3.8) is 0 Å². The van der Waals surface area contributed by atoms with Crippen LogP contribution in [0.15, 0.2) is 30.7 Å². The molecular weight excluding hydrogens is 447 g/mol. The van der Waals surface area contributed by atoms with Gasteiger partial charge in [-0.3, -0.25) is 4.79 Å². The number of nitrogens with one attached hydrogen (secondary N) is 1. The van der Waals surface area contributed by atoms with Crippen LogP contribution in [0.3, 0.4) is 0 Å². The summed E-state index contributed by atoms with van der Waals surface area (Å²) >= 11 is 0. The van der Waals surface area contributed by atoms with Crippen molar-refractivity contribution in [3.8, 4) is 5.88 Å². The number of pyridine rings is 1. The number of aromatic nitrogens is 3. The van der Waals surface area contributed by atoms with Gasteiger partial charge < -0.3 is 15.8 Å². The number of aryl methyl sites for hydroxylation is 1. The van der Waals surface area contributed by atoms with Gasteiger partial charge in [0.1, 0.15) is 12.0 Å². The number of carbonyl (C=O) groups is 1. The topological polar surface area (TPSA) is 103 Å². The van der Waals surface area contributed by atoms with Crippen LogP contribution in [0.2, 0.25) is 0 Å². The van der Waals surface area contributed by atoms with Crippen LogP contribution in [0.5, 0.6) is 5.88 Å². The Labute approximate surface area is 199 Å². The predicted octanol–water partition coefficient (Wildman–Crippen LogP) is 4.85. The molecule has 2 aromatic heterocycles. The minimum Gasteiger partial charge on any atom is -0.465 e. The zero-order valence-electron chi connectivity index (χ0n) is 20.5. The molecule has 2 heterocycles. The lowest BCUT2D eigenvalue weighted by Crippen LogP contribution is -2.31. The van der Waals surface area contributed by atoms with Gasteiger partial charge >= 0.3 is 6.18 Å². The van der Waals surface area contributed by atoms with E-state index in [9.17, 15) is 18.0 Å². The van der Waals surface area contributed by atoms with E-state index in [1.54, 1.807) is 13.0 Å². The molecule has 0 radical (unpaired) electrons. The van der Waals surface area contributed by atoms with Crippen molar-refractivity contribution >= 4 is 5.91 Å². The number of nitrogens with two attached hydrogens (primary N) is 1. The van der Waals surface area contributed by atoms with Crippen LogP contribution in [0.25, 0.3) is 0 Å². The molecule has 2 atom stereocenters. The van der Waals surface area contributed by atoms with E-state index in [1.807, 2.05) is 0 Å². The minimum atomic E-state index is -4.45. The van der Waals surface area contributed by atoms with Crippen molar-refractivity contribution in [3.05, 3.63) is 47.7 Å². The molecule has 2 aromatic rings. The number of nitrogens with zero attached hydrogens (tertiary/aromatic N) is 3. The van der Waals surface area contributed by atoms with Crippen LogP contribution in [0.4, 0.5) is 13.2 Å². The summed E-state index contributed by atoms with van der Waals surface area (Å²) < 4.78 is 41.9. The molecule has 190 valence electrons. The van der Waals surface area contributed by atoms with Gasteiger partial charge in [0.25, 0.3) is 5.91 Å². The maximum absolute atomic E-state index is 12.4. The molecule has 1 unspecified atom stereocenters. The van der Waals surface area contributed by atoms with E-state index in [4.69, 9.17) is 10.5 Å². The van der Waals surface area contributed by atoms with E-state index in [-0.39, 0.29) is 24.0 Å². The van der Waals surface area contributed by atoms with Gasteiger partial charge in [-0.15, -0.1) is 0 Å². The van der Waals surface area contributed by atoms with Gasteiger partial charge in [-0.05, 0) is 56.7 Å². The Bertz CT molecular complexity index is 860. The van der Waals surface area contributed by atoms with Gasteiger partial charge in [-0.25, -0.2) is 15.0 Å². The zero-order chi connectivity index (χ0) is 25.7. The largest absolute Gasteiger partial charge is 0.465 e. The summed E-state index contributed by atoms with van der Waals surface area (Å²) in [6.07, 6.45) is 0.0953. The second-order valence-corrected chi connectivity index (χ2v) is 8.55. The number of hydrogen-bond donors (Lipinski definition) is 2. The SMILES string of the molecule is CCC[C@@H](CN)CC(C)C.Cc1cc(C(=O)NCc2ccc(OC(C)C(F)(F)F)nc2)ncn1. The number of amides is 1. The third-order valence-electron chi connectivity index (χ3n) is 4.88. The maximum Gasteiger partial charge on any atom is 0.425 e. The molecule has 3 N–H and O–H groups in total. The van der Waals surface area contributed by atoms with Crippen molar-refractivity contribution < 1.29 is 22.7 Å². The Morgan fingerprint density at radius 1 is 1.18 bits per heavy atom. The second-order valence-electron chi connectivity index (χ2n) is 8.55. The molecule has 0 spiro atoms. The van der Waals surface area contributed by atoms with Gasteiger partial charge in [0, 0.05) is 24.5 Å². The highest BCUT2D eigenvalue weighted by Gasteiger charge is 2.38. The highest BCUT2D eigenvalue weighted by Crippen LogP contribution is 2.23. The average Bonchev–Trinajstić information content (AvgIpc) is 2.77. The number of carbonyl (C=O) groups excluding carboxylic acids is 1. The number of rotatable bonds is 10. The van der Waals surface area contributed by atoms with Gasteiger partial charge in [0.2, 0.25) is 5.88 Å². The van der Waals surface area contributed by atoms with Crippen LogP contribution in [0, 0.1) is 18.8 Å². The highest BCUT2D eigenvalue weighted by molar-refractivity contribution is 5.92. The van der Waals surface area contributed by atoms with Gasteiger partial charge in [0.05, 0.1) is 0 Å². The van der Waals surface area contributed by atoms with Crippen molar-refractivity contribution in [1.82, 2.24) is 20.3 Å². The van der Waals surface area contributed by atoms with Crippen molar-refractivity contribution in [1.29, 1.82) is 0 Å².